The summed E-state index contributed by atoms with van der Waals surface area (Å²) in [7, 11) is -2.51. The second kappa shape index (κ2) is 5.43. The highest BCUT2D eigenvalue weighted by atomic mass is 32.2. The zero-order valence-electron chi connectivity index (χ0n) is 10.6. The maximum absolute atomic E-state index is 12.2. The molecular weight excluding hydrogens is 282 g/mol. The van der Waals surface area contributed by atoms with Crippen molar-refractivity contribution in [3.8, 4) is 0 Å². The van der Waals surface area contributed by atoms with Crippen molar-refractivity contribution in [2.75, 3.05) is 0 Å². The van der Waals surface area contributed by atoms with E-state index in [1.165, 1.54) is 19.3 Å². The fraction of sp³-hybridized carbons (Fsp3) is 0.167. The van der Waals surface area contributed by atoms with Crippen LogP contribution in [0.4, 0.5) is 0 Å². The van der Waals surface area contributed by atoms with Crippen molar-refractivity contribution in [2.24, 2.45) is 7.05 Å². The van der Waals surface area contributed by atoms with Gasteiger partial charge in [0.15, 0.2) is 5.03 Å². The van der Waals surface area contributed by atoms with Gasteiger partial charge in [0.05, 0.1) is 6.20 Å². The average Bonchev–Trinajstić information content (AvgIpc) is 2.84. The van der Waals surface area contributed by atoms with Crippen molar-refractivity contribution in [1.82, 2.24) is 14.5 Å². The zero-order chi connectivity index (χ0) is 14.8. The molecule has 0 aliphatic carbocycles. The number of hydrogen-bond donors (Lipinski definition) is 2. The Labute approximate surface area is 115 Å². The van der Waals surface area contributed by atoms with Crippen molar-refractivity contribution < 1.29 is 18.3 Å². The number of aromatic nitrogens is 2. The Morgan fingerprint density at radius 3 is 2.45 bits per heavy atom. The van der Waals surface area contributed by atoms with Crippen LogP contribution in [0, 0.1) is 0 Å². The van der Waals surface area contributed by atoms with E-state index in [9.17, 15) is 18.3 Å². The number of aryl methyl sites for hydroxylation is 1. The molecule has 2 N–H and O–H groups in total. The highest BCUT2D eigenvalue weighted by Gasteiger charge is 2.28. The van der Waals surface area contributed by atoms with Crippen molar-refractivity contribution in [1.29, 1.82) is 0 Å². The monoisotopic (exact) mass is 295 g/mol. The summed E-state index contributed by atoms with van der Waals surface area (Å²) in [5.74, 6) is -1.28. The van der Waals surface area contributed by atoms with Gasteiger partial charge in [-0.1, -0.05) is 30.3 Å². The fourth-order valence-corrected chi connectivity index (χ4v) is 3.05. The minimum atomic E-state index is -3.97. The highest BCUT2D eigenvalue weighted by Crippen LogP contribution is 2.17. The Morgan fingerprint density at radius 2 is 1.95 bits per heavy atom. The minimum absolute atomic E-state index is 0.0975. The van der Waals surface area contributed by atoms with Gasteiger partial charge in [-0.15, -0.1) is 0 Å². The molecule has 0 bridgehead atoms. The second-order valence-corrected chi connectivity index (χ2v) is 5.76. The van der Waals surface area contributed by atoms with E-state index in [0.717, 1.165) is 4.68 Å². The van der Waals surface area contributed by atoms with E-state index in [1.807, 2.05) is 0 Å². The molecule has 1 heterocycles. The zero-order valence-corrected chi connectivity index (χ0v) is 11.4. The van der Waals surface area contributed by atoms with E-state index >= 15 is 0 Å². The number of nitrogens with zero attached hydrogens (tertiary/aromatic N) is 2. The second-order valence-electron chi connectivity index (χ2n) is 4.10. The van der Waals surface area contributed by atoms with E-state index in [0.29, 0.717) is 5.56 Å². The largest absolute Gasteiger partial charge is 0.480 e. The van der Waals surface area contributed by atoms with E-state index < -0.39 is 22.0 Å². The van der Waals surface area contributed by atoms with Crippen LogP contribution >= 0.6 is 0 Å². The molecule has 2 aromatic rings. The quantitative estimate of drug-likeness (QED) is 0.837. The molecule has 7 nitrogen and oxygen atoms in total. The first-order valence-electron chi connectivity index (χ1n) is 5.70. The SMILES string of the molecule is Cn1nccc1S(=O)(=O)N[C@@H](C(=O)O)c1ccccc1. The molecule has 1 atom stereocenters. The molecule has 0 saturated carbocycles. The third-order valence-electron chi connectivity index (χ3n) is 2.70. The summed E-state index contributed by atoms with van der Waals surface area (Å²) in [6.07, 6.45) is 1.33. The van der Waals surface area contributed by atoms with Crippen molar-refractivity contribution in [2.45, 2.75) is 11.1 Å². The minimum Gasteiger partial charge on any atom is -0.480 e. The molecule has 20 heavy (non-hydrogen) atoms. The molecule has 0 spiro atoms. The third-order valence-corrected chi connectivity index (χ3v) is 4.20. The smallest absolute Gasteiger partial charge is 0.326 e. The fourth-order valence-electron chi connectivity index (χ4n) is 1.75. The number of sulfonamides is 1. The lowest BCUT2D eigenvalue weighted by atomic mass is 10.1. The third kappa shape index (κ3) is 2.86. The molecule has 1 aromatic carbocycles. The van der Waals surface area contributed by atoms with Gasteiger partial charge in [-0.25, -0.2) is 8.42 Å². The van der Waals surface area contributed by atoms with Gasteiger partial charge < -0.3 is 5.11 Å². The number of hydrogen-bond acceptors (Lipinski definition) is 4. The van der Waals surface area contributed by atoms with E-state index in [1.54, 1.807) is 30.3 Å². The lowest BCUT2D eigenvalue weighted by Crippen LogP contribution is -2.34. The first kappa shape index (κ1) is 14.2. The summed E-state index contributed by atoms with van der Waals surface area (Å²) in [6, 6.07) is 8.04. The van der Waals surface area contributed by atoms with E-state index in [2.05, 4.69) is 9.82 Å². The highest BCUT2D eigenvalue weighted by molar-refractivity contribution is 7.89. The summed E-state index contributed by atoms with van der Waals surface area (Å²) in [6.45, 7) is 0. The van der Waals surface area contributed by atoms with Gasteiger partial charge in [-0.05, 0) is 11.6 Å². The lowest BCUT2D eigenvalue weighted by Gasteiger charge is -2.15. The number of carboxylic acids is 1. The standard InChI is InChI=1S/C12H13N3O4S/c1-15-10(7-8-13-15)20(18,19)14-11(12(16)17)9-5-3-2-4-6-9/h2-8,11,14H,1H3,(H,16,17)/t11-/m1/s1. The Kier molecular flexibility index (Phi) is 3.86. The maximum Gasteiger partial charge on any atom is 0.326 e. The molecule has 0 amide bonds. The molecule has 0 aliphatic rings. The molecule has 8 heteroatoms. The summed E-state index contributed by atoms with van der Waals surface area (Å²) < 4.78 is 27.7. The van der Waals surface area contributed by atoms with E-state index in [-0.39, 0.29) is 5.03 Å². The molecule has 0 radical (unpaired) electrons. The Hall–Kier alpha value is -2.19. The van der Waals surface area contributed by atoms with Crippen LogP contribution in [-0.4, -0.2) is 29.3 Å². The molecular formula is C12H13N3O4S. The Balaban J connectivity index is 2.35. The van der Waals surface area contributed by atoms with Crippen LogP contribution in [0.1, 0.15) is 11.6 Å². The van der Waals surface area contributed by atoms with Gasteiger partial charge in [0.2, 0.25) is 0 Å². The molecule has 0 aliphatic heterocycles. The van der Waals surface area contributed by atoms with Crippen LogP contribution < -0.4 is 4.72 Å². The summed E-state index contributed by atoms with van der Waals surface area (Å²) in [5.41, 5.74) is 0.353. The van der Waals surface area contributed by atoms with Crippen LogP contribution in [0.3, 0.4) is 0 Å². The van der Waals surface area contributed by atoms with Gasteiger partial charge in [0.1, 0.15) is 6.04 Å². The lowest BCUT2D eigenvalue weighted by molar-refractivity contribution is -0.139. The predicted octanol–water partition coefficient (Wildman–Crippen LogP) is 0.524. The van der Waals surface area contributed by atoms with Crippen molar-refractivity contribution >= 4 is 16.0 Å². The first-order chi connectivity index (χ1) is 9.42. The summed E-state index contributed by atoms with van der Waals surface area (Å²) >= 11 is 0. The normalized spacial score (nSPS) is 13.1. The maximum atomic E-state index is 12.2. The molecule has 2 rings (SSSR count). The van der Waals surface area contributed by atoms with Gasteiger partial charge in [-0.2, -0.15) is 9.82 Å². The van der Waals surface area contributed by atoms with Crippen molar-refractivity contribution in [3.05, 3.63) is 48.2 Å². The number of carbonyl (C=O) groups is 1. The van der Waals surface area contributed by atoms with E-state index in [4.69, 9.17) is 0 Å². The van der Waals surface area contributed by atoms with Crippen LogP contribution in [-0.2, 0) is 21.9 Å². The molecule has 1 aromatic heterocycles. The number of carboxylic acid groups (broad SMARTS) is 1. The molecule has 0 fully saturated rings. The van der Waals surface area contributed by atoms with Crippen LogP contribution in [0.2, 0.25) is 0 Å². The number of aliphatic carboxylic acids is 1. The first-order valence-corrected chi connectivity index (χ1v) is 7.18. The van der Waals surface area contributed by atoms with Gasteiger partial charge in [0, 0.05) is 7.05 Å². The summed E-state index contributed by atoms with van der Waals surface area (Å²) in [4.78, 5) is 11.3. The van der Waals surface area contributed by atoms with Crippen LogP contribution in [0.5, 0.6) is 0 Å². The average molecular weight is 295 g/mol. The van der Waals surface area contributed by atoms with Crippen LogP contribution in [0.15, 0.2) is 47.6 Å². The van der Waals surface area contributed by atoms with Gasteiger partial charge in [0.25, 0.3) is 10.0 Å². The Bertz CT molecular complexity index is 709. The predicted molar refractivity (Wildman–Crippen MR) is 70.3 cm³/mol. The van der Waals surface area contributed by atoms with Gasteiger partial charge in [-0.3, -0.25) is 9.48 Å². The number of nitrogens with one attached hydrogen (secondary N) is 1. The van der Waals surface area contributed by atoms with Gasteiger partial charge >= 0.3 is 5.97 Å². The van der Waals surface area contributed by atoms with Crippen LogP contribution in [0.25, 0.3) is 0 Å². The Morgan fingerprint density at radius 1 is 1.30 bits per heavy atom. The number of benzene rings is 1. The molecule has 0 unspecified atom stereocenters. The molecule has 0 saturated heterocycles. The van der Waals surface area contributed by atoms with Crippen molar-refractivity contribution in [3.63, 3.8) is 0 Å². The number of rotatable bonds is 5. The molecule has 106 valence electrons. The topological polar surface area (TPSA) is 101 Å². The summed E-state index contributed by atoms with van der Waals surface area (Å²) in [5, 5.41) is 12.9.